The molecule has 0 N–H and O–H groups in total. The number of hydrogen-bond donors (Lipinski definition) is 0. The standard InChI is InChI=1S/C18H34O2/c1-5-19-16-9-7-15(8-10-16)17-11-13(3)14(4)12-18(17)20-6-2/h13-18H,5-12H2,1-4H3. The molecule has 2 saturated carbocycles. The molecule has 2 rings (SSSR count). The molecule has 0 radical (unpaired) electrons. The molecule has 0 aromatic rings. The van der Waals surface area contributed by atoms with Crippen molar-refractivity contribution in [1.29, 1.82) is 0 Å². The van der Waals surface area contributed by atoms with Crippen LogP contribution in [-0.4, -0.2) is 25.4 Å². The Morgan fingerprint density at radius 2 is 1.40 bits per heavy atom. The molecule has 0 bridgehead atoms. The predicted octanol–water partition coefficient (Wildman–Crippen LogP) is 4.67. The first-order valence-electron chi connectivity index (χ1n) is 8.88. The first-order valence-corrected chi connectivity index (χ1v) is 8.88. The van der Waals surface area contributed by atoms with E-state index < -0.39 is 0 Å². The Kier molecular flexibility index (Phi) is 6.35. The van der Waals surface area contributed by atoms with Gasteiger partial charge in [-0.2, -0.15) is 0 Å². The quantitative estimate of drug-likeness (QED) is 0.729. The summed E-state index contributed by atoms with van der Waals surface area (Å²) in [6, 6.07) is 0. The second-order valence-electron chi connectivity index (χ2n) is 7.08. The number of rotatable bonds is 5. The van der Waals surface area contributed by atoms with Gasteiger partial charge in [-0.1, -0.05) is 13.8 Å². The highest BCUT2D eigenvalue weighted by Gasteiger charge is 2.39. The normalized spacial score (nSPS) is 42.6. The summed E-state index contributed by atoms with van der Waals surface area (Å²) < 4.78 is 11.9. The van der Waals surface area contributed by atoms with Gasteiger partial charge in [0.25, 0.3) is 0 Å². The molecule has 0 aliphatic heterocycles. The number of hydrogen-bond acceptors (Lipinski definition) is 2. The SMILES string of the molecule is CCOC1CCC(C2CC(C)C(C)CC2OCC)CC1. The Hall–Kier alpha value is -0.0800. The summed E-state index contributed by atoms with van der Waals surface area (Å²) in [5.41, 5.74) is 0. The Bertz CT molecular complexity index is 271. The molecule has 0 heterocycles. The monoisotopic (exact) mass is 282 g/mol. The molecule has 2 heteroatoms. The molecule has 0 spiro atoms. The van der Waals surface area contributed by atoms with E-state index in [1.165, 1.54) is 38.5 Å². The third-order valence-corrected chi connectivity index (χ3v) is 5.80. The molecule has 2 nitrogen and oxygen atoms in total. The minimum absolute atomic E-state index is 0.514. The predicted molar refractivity (Wildman–Crippen MR) is 83.8 cm³/mol. The molecule has 0 aromatic heterocycles. The molecule has 2 fully saturated rings. The molecule has 4 atom stereocenters. The average Bonchev–Trinajstić information content (AvgIpc) is 2.44. The van der Waals surface area contributed by atoms with Gasteiger partial charge in [0, 0.05) is 13.2 Å². The van der Waals surface area contributed by atoms with E-state index in [1.54, 1.807) is 0 Å². The van der Waals surface area contributed by atoms with Gasteiger partial charge in [-0.05, 0) is 76.0 Å². The minimum Gasteiger partial charge on any atom is -0.379 e. The van der Waals surface area contributed by atoms with Crippen LogP contribution in [0.2, 0.25) is 0 Å². The lowest BCUT2D eigenvalue weighted by atomic mass is 9.66. The van der Waals surface area contributed by atoms with E-state index >= 15 is 0 Å². The van der Waals surface area contributed by atoms with E-state index in [-0.39, 0.29) is 0 Å². The third-order valence-electron chi connectivity index (χ3n) is 5.80. The maximum absolute atomic E-state index is 6.11. The van der Waals surface area contributed by atoms with Gasteiger partial charge in [0.15, 0.2) is 0 Å². The van der Waals surface area contributed by atoms with Gasteiger partial charge in [0.05, 0.1) is 12.2 Å². The summed E-state index contributed by atoms with van der Waals surface area (Å²) in [7, 11) is 0. The highest BCUT2D eigenvalue weighted by Crippen LogP contribution is 2.43. The summed E-state index contributed by atoms with van der Waals surface area (Å²) in [6.45, 7) is 10.8. The highest BCUT2D eigenvalue weighted by atomic mass is 16.5. The van der Waals surface area contributed by atoms with E-state index in [1.807, 2.05) is 0 Å². The van der Waals surface area contributed by atoms with Crippen LogP contribution in [0.15, 0.2) is 0 Å². The van der Waals surface area contributed by atoms with Crippen molar-refractivity contribution in [2.75, 3.05) is 13.2 Å². The molecule has 0 amide bonds. The Balaban J connectivity index is 1.91. The zero-order chi connectivity index (χ0) is 14.5. The molecule has 118 valence electrons. The van der Waals surface area contributed by atoms with Gasteiger partial charge in [0.2, 0.25) is 0 Å². The summed E-state index contributed by atoms with van der Waals surface area (Å²) in [6.07, 6.45) is 8.90. The van der Waals surface area contributed by atoms with Crippen molar-refractivity contribution >= 4 is 0 Å². The highest BCUT2D eigenvalue weighted by molar-refractivity contribution is 4.89. The molecular formula is C18H34O2. The zero-order valence-electron chi connectivity index (χ0n) is 13.9. The molecule has 0 aromatic carbocycles. The van der Waals surface area contributed by atoms with Crippen LogP contribution in [0.3, 0.4) is 0 Å². The fourth-order valence-corrected chi connectivity index (χ4v) is 4.41. The third kappa shape index (κ3) is 3.98. The summed E-state index contributed by atoms with van der Waals surface area (Å²) >= 11 is 0. The van der Waals surface area contributed by atoms with Gasteiger partial charge >= 0.3 is 0 Å². The first-order chi connectivity index (χ1) is 9.65. The smallest absolute Gasteiger partial charge is 0.0608 e. The van der Waals surface area contributed by atoms with E-state index in [0.717, 1.165) is 36.9 Å². The number of ether oxygens (including phenoxy) is 2. The zero-order valence-corrected chi connectivity index (χ0v) is 13.9. The summed E-state index contributed by atoms with van der Waals surface area (Å²) in [5.74, 6) is 3.35. The van der Waals surface area contributed by atoms with Crippen LogP contribution in [0.1, 0.15) is 66.2 Å². The van der Waals surface area contributed by atoms with Crippen LogP contribution in [-0.2, 0) is 9.47 Å². The Labute approximate surface area is 125 Å². The van der Waals surface area contributed by atoms with Gasteiger partial charge in [-0.25, -0.2) is 0 Å². The van der Waals surface area contributed by atoms with Gasteiger partial charge in [-0.15, -0.1) is 0 Å². The topological polar surface area (TPSA) is 18.5 Å². The van der Waals surface area contributed by atoms with Crippen LogP contribution in [0.5, 0.6) is 0 Å². The lowest BCUT2D eigenvalue weighted by molar-refractivity contribution is -0.0680. The van der Waals surface area contributed by atoms with Crippen LogP contribution in [0.25, 0.3) is 0 Å². The summed E-state index contributed by atoms with van der Waals surface area (Å²) in [5, 5.41) is 0. The Morgan fingerprint density at radius 1 is 0.800 bits per heavy atom. The maximum Gasteiger partial charge on any atom is 0.0608 e. The van der Waals surface area contributed by atoms with Gasteiger partial charge in [-0.3, -0.25) is 0 Å². The maximum atomic E-state index is 6.11. The van der Waals surface area contributed by atoms with Crippen molar-refractivity contribution < 1.29 is 9.47 Å². The lowest BCUT2D eigenvalue weighted by Gasteiger charge is -2.44. The van der Waals surface area contributed by atoms with E-state index in [2.05, 4.69) is 27.7 Å². The molecule has 2 aliphatic carbocycles. The minimum atomic E-state index is 0.514. The summed E-state index contributed by atoms with van der Waals surface area (Å²) in [4.78, 5) is 0. The van der Waals surface area contributed by atoms with E-state index in [0.29, 0.717) is 12.2 Å². The van der Waals surface area contributed by atoms with Crippen molar-refractivity contribution in [3.8, 4) is 0 Å². The molecule has 2 aliphatic rings. The van der Waals surface area contributed by atoms with E-state index in [4.69, 9.17) is 9.47 Å². The van der Waals surface area contributed by atoms with Crippen molar-refractivity contribution in [3.63, 3.8) is 0 Å². The van der Waals surface area contributed by atoms with Crippen molar-refractivity contribution in [3.05, 3.63) is 0 Å². The molecule has 4 unspecified atom stereocenters. The fourth-order valence-electron chi connectivity index (χ4n) is 4.41. The average molecular weight is 282 g/mol. The molecular weight excluding hydrogens is 248 g/mol. The molecule has 0 saturated heterocycles. The fraction of sp³-hybridized carbons (Fsp3) is 1.00. The Morgan fingerprint density at radius 3 is 2.00 bits per heavy atom. The second kappa shape index (κ2) is 7.79. The van der Waals surface area contributed by atoms with Crippen LogP contribution in [0.4, 0.5) is 0 Å². The van der Waals surface area contributed by atoms with Gasteiger partial charge in [0.1, 0.15) is 0 Å². The molecule has 20 heavy (non-hydrogen) atoms. The van der Waals surface area contributed by atoms with Crippen molar-refractivity contribution in [2.24, 2.45) is 23.7 Å². The van der Waals surface area contributed by atoms with Crippen molar-refractivity contribution in [1.82, 2.24) is 0 Å². The van der Waals surface area contributed by atoms with Crippen molar-refractivity contribution in [2.45, 2.75) is 78.4 Å². The largest absolute Gasteiger partial charge is 0.379 e. The van der Waals surface area contributed by atoms with Gasteiger partial charge < -0.3 is 9.47 Å². The van der Waals surface area contributed by atoms with Crippen LogP contribution >= 0.6 is 0 Å². The first kappa shape index (κ1) is 16.3. The second-order valence-corrected chi connectivity index (χ2v) is 7.08. The van der Waals surface area contributed by atoms with E-state index in [9.17, 15) is 0 Å². The van der Waals surface area contributed by atoms with Crippen LogP contribution < -0.4 is 0 Å². The lowest BCUT2D eigenvalue weighted by Crippen LogP contribution is -2.41. The van der Waals surface area contributed by atoms with Crippen LogP contribution in [0, 0.1) is 23.7 Å².